The number of nitrogens with two attached hydrogens (primary N) is 1. The maximum Gasteiger partial charge on any atom is 0.408 e. The SMILES string of the molecule is CC(C)C(NC(=O)OC(C)(C)C)C(=O)OCCOCN1C=NC2C(=O)N=C(N)N=C21. The first-order valence-corrected chi connectivity index (χ1v) is 9.48. The molecule has 0 aromatic heterocycles. The third kappa shape index (κ3) is 6.51. The first kappa shape index (κ1) is 23.3. The van der Waals surface area contributed by atoms with Crippen LogP contribution >= 0.6 is 0 Å². The molecular formula is C18H28N6O6. The van der Waals surface area contributed by atoms with E-state index in [2.05, 4.69) is 20.3 Å². The lowest BCUT2D eigenvalue weighted by molar-refractivity contribution is -0.149. The van der Waals surface area contributed by atoms with Crippen molar-refractivity contribution in [1.29, 1.82) is 0 Å². The highest BCUT2D eigenvalue weighted by Crippen LogP contribution is 2.13. The Balaban J connectivity index is 1.74. The molecule has 12 nitrogen and oxygen atoms in total. The molecule has 2 aliphatic heterocycles. The van der Waals surface area contributed by atoms with E-state index in [9.17, 15) is 14.4 Å². The number of amides is 2. The van der Waals surface area contributed by atoms with Crippen LogP contribution in [0.5, 0.6) is 0 Å². The van der Waals surface area contributed by atoms with Crippen LogP contribution in [0.2, 0.25) is 0 Å². The summed E-state index contributed by atoms with van der Waals surface area (Å²) in [7, 11) is 0. The molecule has 3 N–H and O–H groups in total. The number of alkyl carbamates (subject to hydrolysis) is 1. The highest BCUT2D eigenvalue weighted by molar-refractivity contribution is 6.21. The van der Waals surface area contributed by atoms with E-state index in [1.54, 1.807) is 34.6 Å². The molecule has 2 aliphatic rings. The topological polar surface area (TPSA) is 157 Å². The molecule has 0 saturated heterocycles. The predicted octanol–water partition coefficient (Wildman–Crippen LogP) is 0.0189. The second-order valence-corrected chi connectivity index (χ2v) is 7.99. The average molecular weight is 424 g/mol. The Labute approximate surface area is 174 Å². The van der Waals surface area contributed by atoms with Gasteiger partial charge in [0.05, 0.1) is 12.9 Å². The first-order chi connectivity index (χ1) is 14.0. The normalized spacial score (nSPS) is 19.2. The maximum absolute atomic E-state index is 12.3. The first-order valence-electron chi connectivity index (χ1n) is 9.48. The molecule has 0 bridgehead atoms. The Bertz CT molecular complexity index is 770. The quantitative estimate of drug-likeness (QED) is 0.408. The van der Waals surface area contributed by atoms with Crippen LogP contribution in [0.25, 0.3) is 0 Å². The summed E-state index contributed by atoms with van der Waals surface area (Å²) >= 11 is 0. The molecular weight excluding hydrogens is 396 g/mol. The molecule has 0 radical (unpaired) electrons. The van der Waals surface area contributed by atoms with Crippen LogP contribution < -0.4 is 11.1 Å². The molecule has 30 heavy (non-hydrogen) atoms. The number of carbonyl (C=O) groups excluding carboxylic acids is 3. The number of nitrogens with one attached hydrogen (secondary N) is 1. The minimum absolute atomic E-state index is 0.0263. The third-order valence-corrected chi connectivity index (χ3v) is 3.88. The van der Waals surface area contributed by atoms with Gasteiger partial charge in [0.25, 0.3) is 5.91 Å². The third-order valence-electron chi connectivity index (χ3n) is 3.88. The Morgan fingerprint density at radius 1 is 1.27 bits per heavy atom. The van der Waals surface area contributed by atoms with Gasteiger partial charge in [-0.1, -0.05) is 13.8 Å². The smallest absolute Gasteiger partial charge is 0.408 e. The van der Waals surface area contributed by atoms with Gasteiger partial charge in [0.2, 0.25) is 5.96 Å². The van der Waals surface area contributed by atoms with Crippen molar-refractivity contribution < 1.29 is 28.6 Å². The molecule has 0 aliphatic carbocycles. The van der Waals surface area contributed by atoms with Gasteiger partial charge in [-0.3, -0.25) is 14.7 Å². The van der Waals surface area contributed by atoms with E-state index < -0.39 is 35.7 Å². The number of amidine groups is 1. The monoisotopic (exact) mass is 424 g/mol. The molecule has 166 valence electrons. The number of aliphatic imine (C=N–C) groups is 3. The van der Waals surface area contributed by atoms with Crippen LogP contribution in [0.15, 0.2) is 15.0 Å². The fourth-order valence-electron chi connectivity index (χ4n) is 2.53. The minimum atomic E-state index is -0.851. The molecule has 2 atom stereocenters. The number of hydrogen-bond acceptors (Lipinski definition) is 10. The van der Waals surface area contributed by atoms with Gasteiger partial charge >= 0.3 is 12.1 Å². The summed E-state index contributed by atoms with van der Waals surface area (Å²) in [4.78, 5) is 49.1. The zero-order chi connectivity index (χ0) is 22.5. The van der Waals surface area contributed by atoms with Crippen LogP contribution in [0.3, 0.4) is 0 Å². The Morgan fingerprint density at radius 3 is 2.60 bits per heavy atom. The molecule has 0 spiro atoms. The number of hydrogen-bond donors (Lipinski definition) is 2. The van der Waals surface area contributed by atoms with Crippen molar-refractivity contribution in [2.75, 3.05) is 19.9 Å². The number of guanidine groups is 1. The largest absolute Gasteiger partial charge is 0.462 e. The summed E-state index contributed by atoms with van der Waals surface area (Å²) in [5.41, 5.74) is 4.82. The van der Waals surface area contributed by atoms with Gasteiger partial charge in [0.15, 0.2) is 11.9 Å². The molecule has 0 aromatic carbocycles. The van der Waals surface area contributed by atoms with Crippen molar-refractivity contribution in [1.82, 2.24) is 10.2 Å². The van der Waals surface area contributed by atoms with E-state index in [1.165, 1.54) is 11.2 Å². The van der Waals surface area contributed by atoms with Crippen molar-refractivity contribution >= 4 is 36.1 Å². The van der Waals surface area contributed by atoms with E-state index in [-0.39, 0.29) is 31.8 Å². The molecule has 0 saturated carbocycles. The highest BCUT2D eigenvalue weighted by atomic mass is 16.6. The molecule has 2 amide bonds. The fraction of sp³-hybridized carbons (Fsp3) is 0.667. The van der Waals surface area contributed by atoms with E-state index >= 15 is 0 Å². The van der Waals surface area contributed by atoms with Crippen LogP contribution in [-0.4, -0.2) is 78.6 Å². The van der Waals surface area contributed by atoms with Crippen LogP contribution in [-0.2, 0) is 23.8 Å². The van der Waals surface area contributed by atoms with Crippen molar-refractivity contribution in [3.63, 3.8) is 0 Å². The maximum atomic E-state index is 12.3. The van der Waals surface area contributed by atoms with Gasteiger partial charge in [-0.05, 0) is 26.7 Å². The summed E-state index contributed by atoms with van der Waals surface area (Å²) in [5.74, 6) is -1.06. The Kier molecular flexibility index (Phi) is 7.48. The lowest BCUT2D eigenvalue weighted by atomic mass is 10.1. The molecule has 12 heteroatoms. The number of carbonyl (C=O) groups is 3. The molecule has 0 aromatic rings. The van der Waals surface area contributed by atoms with Crippen molar-refractivity contribution in [3.05, 3.63) is 0 Å². The number of esters is 1. The van der Waals surface area contributed by atoms with E-state index in [1.807, 2.05) is 0 Å². The lowest BCUT2D eigenvalue weighted by Gasteiger charge is -2.24. The zero-order valence-corrected chi connectivity index (χ0v) is 17.7. The number of rotatable bonds is 8. The molecule has 0 fully saturated rings. The number of fused-ring (bicyclic) bond motifs is 1. The van der Waals surface area contributed by atoms with Crippen molar-refractivity contribution in [2.45, 2.75) is 52.3 Å². The van der Waals surface area contributed by atoms with Gasteiger partial charge < -0.3 is 25.3 Å². The van der Waals surface area contributed by atoms with Gasteiger partial charge in [-0.2, -0.15) is 9.98 Å². The van der Waals surface area contributed by atoms with Crippen LogP contribution in [0.4, 0.5) is 4.79 Å². The van der Waals surface area contributed by atoms with Crippen LogP contribution in [0, 0.1) is 5.92 Å². The van der Waals surface area contributed by atoms with E-state index in [4.69, 9.17) is 19.9 Å². The predicted molar refractivity (Wildman–Crippen MR) is 108 cm³/mol. The second kappa shape index (κ2) is 9.65. The second-order valence-electron chi connectivity index (χ2n) is 7.99. The Hall–Kier alpha value is -3.02. The van der Waals surface area contributed by atoms with E-state index in [0.717, 1.165) is 0 Å². The average Bonchev–Trinajstić information content (AvgIpc) is 3.00. The summed E-state index contributed by atoms with van der Waals surface area (Å²) in [6, 6.07) is -1.65. The number of nitrogens with zero attached hydrogens (tertiary/aromatic N) is 4. The van der Waals surface area contributed by atoms with Gasteiger partial charge in [-0.15, -0.1) is 0 Å². The molecule has 2 unspecified atom stereocenters. The Morgan fingerprint density at radius 2 is 1.97 bits per heavy atom. The molecule has 2 heterocycles. The van der Waals surface area contributed by atoms with Crippen LogP contribution in [0.1, 0.15) is 34.6 Å². The van der Waals surface area contributed by atoms with Gasteiger partial charge in [0.1, 0.15) is 25.0 Å². The van der Waals surface area contributed by atoms with Crippen molar-refractivity contribution in [2.24, 2.45) is 26.6 Å². The van der Waals surface area contributed by atoms with Gasteiger partial charge in [-0.25, -0.2) is 9.59 Å². The highest BCUT2D eigenvalue weighted by Gasteiger charge is 2.35. The van der Waals surface area contributed by atoms with Crippen molar-refractivity contribution in [3.8, 4) is 0 Å². The zero-order valence-electron chi connectivity index (χ0n) is 17.7. The van der Waals surface area contributed by atoms with Gasteiger partial charge in [0, 0.05) is 0 Å². The number of ether oxygens (including phenoxy) is 3. The standard InChI is InChI=1S/C18H28N6O6/c1-10(2)11(21-17(27)30-18(3,4)5)15(26)29-7-6-28-9-24-8-20-12-13(24)22-16(19)23-14(12)25/h8,10-12H,6-7,9H2,1-5H3,(H,21,27)(H2,19,23,25). The van der Waals surface area contributed by atoms with E-state index in [0.29, 0.717) is 5.84 Å². The summed E-state index contributed by atoms with van der Waals surface area (Å²) in [6.45, 7) is 8.86. The lowest BCUT2D eigenvalue weighted by Crippen LogP contribution is -2.47. The molecule has 2 rings (SSSR count). The summed E-state index contributed by atoms with van der Waals surface area (Å²) < 4.78 is 15.8. The fourth-order valence-corrected chi connectivity index (χ4v) is 2.53. The summed E-state index contributed by atoms with van der Waals surface area (Å²) in [5, 5.41) is 2.52. The minimum Gasteiger partial charge on any atom is -0.462 e. The summed E-state index contributed by atoms with van der Waals surface area (Å²) in [6.07, 6.45) is 0.726.